The molecular weight excluding hydrogens is 595 g/mol. The monoisotopic (exact) mass is 623 g/mol. The molecule has 7 aromatic carbocycles. The molecule has 0 aliphatic heterocycles. The van der Waals surface area contributed by atoms with Crippen LogP contribution in [0.3, 0.4) is 0 Å². The van der Waals surface area contributed by atoms with Gasteiger partial charge in [-0.1, -0.05) is 176 Å². The smallest absolute Gasteiger partial charge is 0.164 e. The average Bonchev–Trinajstić information content (AvgIpc) is 3.66. The van der Waals surface area contributed by atoms with Gasteiger partial charge >= 0.3 is 0 Å². The van der Waals surface area contributed by atoms with Crippen LogP contribution in [0.1, 0.15) is 22.3 Å². The third-order valence-corrected chi connectivity index (χ3v) is 10.2. The minimum atomic E-state index is -0.430. The van der Waals surface area contributed by atoms with Crippen molar-refractivity contribution in [3.63, 3.8) is 0 Å². The summed E-state index contributed by atoms with van der Waals surface area (Å²) in [6.07, 6.45) is 0. The maximum atomic E-state index is 5.23. The lowest BCUT2D eigenvalue weighted by Gasteiger charge is -2.30. The Bertz CT molecular complexity index is 2490. The molecule has 3 heteroatoms. The Morgan fingerprint density at radius 3 is 1.27 bits per heavy atom. The molecule has 2 aliphatic rings. The maximum absolute atomic E-state index is 5.23. The molecule has 0 saturated carbocycles. The van der Waals surface area contributed by atoms with Crippen LogP contribution in [0, 0.1) is 0 Å². The van der Waals surface area contributed by atoms with Gasteiger partial charge in [0.15, 0.2) is 17.5 Å². The molecule has 8 aromatic rings. The first-order valence-corrected chi connectivity index (χ1v) is 16.7. The predicted molar refractivity (Wildman–Crippen MR) is 198 cm³/mol. The van der Waals surface area contributed by atoms with Crippen molar-refractivity contribution in [3.8, 4) is 67.5 Å². The number of hydrogen-bond acceptors (Lipinski definition) is 3. The van der Waals surface area contributed by atoms with Gasteiger partial charge in [-0.3, -0.25) is 0 Å². The minimum Gasteiger partial charge on any atom is -0.208 e. The van der Waals surface area contributed by atoms with E-state index in [1.807, 2.05) is 24.3 Å². The van der Waals surface area contributed by atoms with Gasteiger partial charge in [-0.05, 0) is 55.6 Å². The normalized spacial score (nSPS) is 13.1. The van der Waals surface area contributed by atoms with Crippen LogP contribution >= 0.6 is 0 Å². The molecule has 0 amide bonds. The Kier molecular flexibility index (Phi) is 6.09. The number of fused-ring (bicyclic) bond motifs is 10. The fourth-order valence-corrected chi connectivity index (χ4v) is 8.11. The summed E-state index contributed by atoms with van der Waals surface area (Å²) in [6.45, 7) is 0. The second-order valence-corrected chi connectivity index (χ2v) is 12.7. The van der Waals surface area contributed by atoms with E-state index in [1.165, 1.54) is 50.1 Å². The van der Waals surface area contributed by atoms with Crippen molar-refractivity contribution in [1.82, 2.24) is 15.0 Å². The number of benzene rings is 7. The van der Waals surface area contributed by atoms with Gasteiger partial charge in [0.05, 0.1) is 5.41 Å². The fraction of sp³-hybridized carbons (Fsp3) is 0.0217. The zero-order chi connectivity index (χ0) is 32.4. The minimum absolute atomic E-state index is 0.430. The lowest BCUT2D eigenvalue weighted by atomic mass is 9.70. The Morgan fingerprint density at radius 1 is 0.265 bits per heavy atom. The van der Waals surface area contributed by atoms with Crippen molar-refractivity contribution in [2.45, 2.75) is 5.41 Å². The standard InChI is InChI=1S/C46H29N3/c1-3-14-30(15-4-1)31-26-28-33(29-27-31)44-47-43(32-16-5-2-6-17-32)48-45(49-44)37-21-13-25-41-42(37)36-20-9-12-24-40(36)46(41)38-22-10-7-18-34(38)35-19-8-11-23-39(35)46/h1-29H. The molecular formula is C46H29N3. The molecule has 0 unspecified atom stereocenters. The van der Waals surface area contributed by atoms with Crippen LogP contribution in [-0.4, -0.2) is 15.0 Å². The molecule has 1 spiro atoms. The van der Waals surface area contributed by atoms with Crippen molar-refractivity contribution in [2.75, 3.05) is 0 Å². The number of nitrogens with zero attached hydrogens (tertiary/aromatic N) is 3. The van der Waals surface area contributed by atoms with Gasteiger partial charge in [-0.2, -0.15) is 0 Å². The van der Waals surface area contributed by atoms with Crippen LogP contribution in [-0.2, 0) is 5.41 Å². The van der Waals surface area contributed by atoms with E-state index >= 15 is 0 Å². The quantitative estimate of drug-likeness (QED) is 0.196. The predicted octanol–water partition coefficient (Wildman–Crippen LogP) is 10.9. The zero-order valence-electron chi connectivity index (χ0n) is 26.6. The Labute approximate surface area is 285 Å². The highest BCUT2D eigenvalue weighted by molar-refractivity contribution is 5.99. The second kappa shape index (κ2) is 10.8. The van der Waals surface area contributed by atoms with E-state index in [0.29, 0.717) is 17.5 Å². The molecule has 0 bridgehead atoms. The Balaban J connectivity index is 1.22. The molecule has 3 nitrogen and oxygen atoms in total. The molecule has 10 rings (SSSR count). The summed E-state index contributed by atoms with van der Waals surface area (Å²) in [5.74, 6) is 1.97. The highest BCUT2D eigenvalue weighted by Crippen LogP contribution is 2.63. The third kappa shape index (κ3) is 4.06. The molecule has 228 valence electrons. The van der Waals surface area contributed by atoms with Gasteiger partial charge in [-0.15, -0.1) is 0 Å². The van der Waals surface area contributed by atoms with E-state index in [0.717, 1.165) is 22.3 Å². The van der Waals surface area contributed by atoms with Crippen molar-refractivity contribution in [1.29, 1.82) is 0 Å². The first-order valence-electron chi connectivity index (χ1n) is 16.7. The van der Waals surface area contributed by atoms with Gasteiger partial charge in [0.25, 0.3) is 0 Å². The van der Waals surface area contributed by atoms with E-state index in [4.69, 9.17) is 15.0 Å². The SMILES string of the molecule is c1ccc(-c2ccc(-c3nc(-c4ccccc4)nc(-c4cccc5c4-c4ccccc4C54c5ccccc5-c5ccccc54)n3)cc2)cc1. The van der Waals surface area contributed by atoms with Crippen molar-refractivity contribution in [2.24, 2.45) is 0 Å². The maximum Gasteiger partial charge on any atom is 0.164 e. The topological polar surface area (TPSA) is 38.7 Å². The average molecular weight is 624 g/mol. The van der Waals surface area contributed by atoms with Gasteiger partial charge < -0.3 is 0 Å². The van der Waals surface area contributed by atoms with Crippen LogP contribution in [0.2, 0.25) is 0 Å². The lowest BCUT2D eigenvalue weighted by Crippen LogP contribution is -2.25. The van der Waals surface area contributed by atoms with Crippen LogP contribution in [0.15, 0.2) is 176 Å². The van der Waals surface area contributed by atoms with Crippen molar-refractivity contribution >= 4 is 0 Å². The molecule has 1 heterocycles. The first-order chi connectivity index (χ1) is 24.3. The highest BCUT2D eigenvalue weighted by atomic mass is 15.0. The van der Waals surface area contributed by atoms with E-state index < -0.39 is 5.41 Å². The van der Waals surface area contributed by atoms with Crippen LogP contribution in [0.5, 0.6) is 0 Å². The molecule has 0 atom stereocenters. The van der Waals surface area contributed by atoms with E-state index in [2.05, 4.69) is 152 Å². The van der Waals surface area contributed by atoms with E-state index in [1.54, 1.807) is 0 Å². The number of aromatic nitrogens is 3. The molecule has 0 fully saturated rings. The molecule has 0 saturated heterocycles. The summed E-state index contributed by atoms with van der Waals surface area (Å²) in [5.41, 5.74) is 15.0. The molecule has 0 radical (unpaired) electrons. The molecule has 2 aliphatic carbocycles. The van der Waals surface area contributed by atoms with Crippen LogP contribution in [0.4, 0.5) is 0 Å². The Hall–Kier alpha value is -6.45. The van der Waals surface area contributed by atoms with Gasteiger partial charge in [0, 0.05) is 16.7 Å². The van der Waals surface area contributed by atoms with Crippen LogP contribution < -0.4 is 0 Å². The zero-order valence-corrected chi connectivity index (χ0v) is 26.6. The largest absolute Gasteiger partial charge is 0.208 e. The van der Waals surface area contributed by atoms with Gasteiger partial charge in [0.2, 0.25) is 0 Å². The summed E-state index contributed by atoms with van der Waals surface area (Å²) < 4.78 is 0. The summed E-state index contributed by atoms with van der Waals surface area (Å²) in [4.78, 5) is 15.5. The molecule has 1 aromatic heterocycles. The van der Waals surface area contributed by atoms with Crippen molar-refractivity contribution < 1.29 is 0 Å². The molecule has 0 N–H and O–H groups in total. The van der Waals surface area contributed by atoms with E-state index in [9.17, 15) is 0 Å². The second-order valence-electron chi connectivity index (χ2n) is 12.7. The summed E-state index contributed by atoms with van der Waals surface area (Å²) >= 11 is 0. The number of hydrogen-bond donors (Lipinski definition) is 0. The fourth-order valence-electron chi connectivity index (χ4n) is 8.11. The summed E-state index contributed by atoms with van der Waals surface area (Å²) in [7, 11) is 0. The van der Waals surface area contributed by atoms with Gasteiger partial charge in [0.1, 0.15) is 0 Å². The summed E-state index contributed by atoms with van der Waals surface area (Å²) in [6, 6.07) is 62.5. The van der Waals surface area contributed by atoms with Gasteiger partial charge in [-0.25, -0.2) is 15.0 Å². The third-order valence-electron chi connectivity index (χ3n) is 10.2. The Morgan fingerprint density at radius 2 is 0.653 bits per heavy atom. The van der Waals surface area contributed by atoms with E-state index in [-0.39, 0.29) is 0 Å². The van der Waals surface area contributed by atoms with Crippen molar-refractivity contribution in [3.05, 3.63) is 198 Å². The molecule has 49 heavy (non-hydrogen) atoms. The van der Waals surface area contributed by atoms with Crippen LogP contribution in [0.25, 0.3) is 67.5 Å². The first kappa shape index (κ1) is 27.6. The summed E-state index contributed by atoms with van der Waals surface area (Å²) in [5, 5.41) is 0. The number of rotatable bonds is 4. The lowest BCUT2D eigenvalue weighted by molar-refractivity contribution is 0.794. The highest BCUT2D eigenvalue weighted by Gasteiger charge is 2.52.